The van der Waals surface area contributed by atoms with Gasteiger partial charge in [-0.25, -0.2) is 5.43 Å². The molecule has 144 valence electrons. The highest BCUT2D eigenvalue weighted by Crippen LogP contribution is 2.28. The van der Waals surface area contributed by atoms with Crippen molar-refractivity contribution in [3.05, 3.63) is 53.1 Å². The summed E-state index contributed by atoms with van der Waals surface area (Å²) in [5, 5.41) is 4.38. The normalized spacial score (nSPS) is 10.6. The zero-order chi connectivity index (χ0) is 19.5. The van der Waals surface area contributed by atoms with E-state index < -0.39 is 0 Å². The lowest BCUT2D eigenvalue weighted by Crippen LogP contribution is -2.24. The predicted molar refractivity (Wildman–Crippen MR) is 106 cm³/mol. The van der Waals surface area contributed by atoms with Crippen molar-refractivity contribution in [3.63, 3.8) is 0 Å². The van der Waals surface area contributed by atoms with Gasteiger partial charge in [-0.05, 0) is 49.2 Å². The first kappa shape index (κ1) is 20.6. The van der Waals surface area contributed by atoms with Gasteiger partial charge in [0.15, 0.2) is 18.1 Å². The number of carbonyl (C=O) groups is 1. The molecule has 0 saturated heterocycles. The molecule has 0 aliphatic carbocycles. The van der Waals surface area contributed by atoms with Crippen molar-refractivity contribution < 1.29 is 19.0 Å². The van der Waals surface area contributed by atoms with E-state index in [-0.39, 0.29) is 12.5 Å². The molecule has 0 bridgehead atoms. The summed E-state index contributed by atoms with van der Waals surface area (Å²) >= 11 is 5.97. The summed E-state index contributed by atoms with van der Waals surface area (Å²) in [7, 11) is 0. The van der Waals surface area contributed by atoms with Gasteiger partial charge in [0.25, 0.3) is 5.91 Å². The van der Waals surface area contributed by atoms with Crippen molar-refractivity contribution >= 4 is 23.7 Å². The zero-order valence-electron chi connectivity index (χ0n) is 15.4. The second-order valence-corrected chi connectivity index (χ2v) is 5.91. The molecule has 27 heavy (non-hydrogen) atoms. The summed E-state index contributed by atoms with van der Waals surface area (Å²) in [6.07, 6.45) is 2.44. The number of benzene rings is 2. The van der Waals surface area contributed by atoms with Gasteiger partial charge in [0.1, 0.15) is 5.75 Å². The fourth-order valence-corrected chi connectivity index (χ4v) is 2.31. The molecular weight excluding hydrogens is 368 g/mol. The summed E-state index contributed by atoms with van der Waals surface area (Å²) in [6, 6.07) is 12.4. The summed E-state index contributed by atoms with van der Waals surface area (Å²) in [6.45, 7) is 4.91. The van der Waals surface area contributed by atoms with Crippen molar-refractivity contribution in [2.24, 2.45) is 5.10 Å². The third-order valence-electron chi connectivity index (χ3n) is 3.33. The van der Waals surface area contributed by atoms with Crippen LogP contribution in [0.5, 0.6) is 17.2 Å². The maximum atomic E-state index is 11.8. The van der Waals surface area contributed by atoms with E-state index in [1.807, 2.05) is 32.0 Å². The summed E-state index contributed by atoms with van der Waals surface area (Å²) in [5.74, 6) is 1.39. The van der Waals surface area contributed by atoms with Gasteiger partial charge < -0.3 is 14.2 Å². The van der Waals surface area contributed by atoms with Crippen molar-refractivity contribution in [3.8, 4) is 17.2 Å². The van der Waals surface area contributed by atoms with Crippen LogP contribution < -0.4 is 19.6 Å². The first-order valence-electron chi connectivity index (χ1n) is 8.73. The Morgan fingerprint density at radius 3 is 2.63 bits per heavy atom. The molecule has 0 spiro atoms. The average molecular weight is 391 g/mol. The van der Waals surface area contributed by atoms with E-state index in [4.69, 9.17) is 25.8 Å². The Bertz CT molecular complexity index is 780. The number of hydrogen-bond acceptors (Lipinski definition) is 5. The smallest absolute Gasteiger partial charge is 0.277 e. The standard InChI is InChI=1S/C20H23ClN2O4/c1-3-11-26-18-10-9-15(12-19(18)25-4-2)13-22-23-20(24)14-27-17-8-6-5-7-16(17)21/h5-10,12-13H,3-4,11,14H2,1-2H3,(H,23,24)/b22-13-. The second kappa shape index (κ2) is 11.1. The molecule has 6 nitrogen and oxygen atoms in total. The van der Waals surface area contributed by atoms with E-state index in [2.05, 4.69) is 10.5 Å². The number of nitrogens with zero attached hydrogens (tertiary/aromatic N) is 1. The van der Waals surface area contributed by atoms with Crippen LogP contribution in [0.1, 0.15) is 25.8 Å². The van der Waals surface area contributed by atoms with E-state index in [1.165, 1.54) is 6.21 Å². The van der Waals surface area contributed by atoms with Crippen molar-refractivity contribution in [1.29, 1.82) is 0 Å². The van der Waals surface area contributed by atoms with Gasteiger partial charge in [0.2, 0.25) is 0 Å². The van der Waals surface area contributed by atoms with Crippen LogP contribution in [-0.2, 0) is 4.79 Å². The van der Waals surface area contributed by atoms with Crippen LogP contribution in [0.2, 0.25) is 5.02 Å². The summed E-state index contributed by atoms with van der Waals surface area (Å²) in [4.78, 5) is 11.8. The Kier molecular flexibility index (Phi) is 8.45. The van der Waals surface area contributed by atoms with Crippen LogP contribution in [0.25, 0.3) is 0 Å². The molecule has 0 aromatic heterocycles. The molecule has 0 aliphatic heterocycles. The van der Waals surface area contributed by atoms with E-state index in [9.17, 15) is 4.79 Å². The molecule has 1 N–H and O–H groups in total. The first-order valence-corrected chi connectivity index (χ1v) is 9.10. The highest BCUT2D eigenvalue weighted by atomic mass is 35.5. The van der Waals surface area contributed by atoms with Gasteiger partial charge in [-0.15, -0.1) is 0 Å². The zero-order valence-corrected chi connectivity index (χ0v) is 16.2. The van der Waals surface area contributed by atoms with Gasteiger partial charge in [-0.2, -0.15) is 5.10 Å². The summed E-state index contributed by atoms with van der Waals surface area (Å²) < 4.78 is 16.6. The molecule has 0 saturated carbocycles. The number of ether oxygens (including phenoxy) is 3. The predicted octanol–water partition coefficient (Wildman–Crippen LogP) is 4.06. The highest BCUT2D eigenvalue weighted by Gasteiger charge is 2.06. The molecular formula is C20H23ClN2O4. The third kappa shape index (κ3) is 6.83. The molecule has 0 radical (unpaired) electrons. The minimum Gasteiger partial charge on any atom is -0.490 e. The van der Waals surface area contributed by atoms with Crippen molar-refractivity contribution in [1.82, 2.24) is 5.43 Å². The Labute approximate surface area is 164 Å². The number of nitrogens with one attached hydrogen (secondary N) is 1. The molecule has 0 heterocycles. The number of amides is 1. The third-order valence-corrected chi connectivity index (χ3v) is 3.64. The molecule has 1 amide bonds. The lowest BCUT2D eigenvalue weighted by atomic mass is 10.2. The molecule has 7 heteroatoms. The van der Waals surface area contributed by atoms with Crippen LogP contribution in [0.15, 0.2) is 47.6 Å². The number of halogens is 1. The first-order chi connectivity index (χ1) is 13.1. The lowest BCUT2D eigenvalue weighted by Gasteiger charge is -2.11. The quantitative estimate of drug-likeness (QED) is 0.490. The molecule has 2 aromatic carbocycles. The van der Waals surface area contributed by atoms with Crippen LogP contribution in [0, 0.1) is 0 Å². The van der Waals surface area contributed by atoms with E-state index >= 15 is 0 Å². The molecule has 2 rings (SSSR count). The topological polar surface area (TPSA) is 69.2 Å². The second-order valence-electron chi connectivity index (χ2n) is 5.50. The van der Waals surface area contributed by atoms with Crippen LogP contribution in [-0.4, -0.2) is 31.9 Å². The van der Waals surface area contributed by atoms with E-state index in [1.54, 1.807) is 24.3 Å². The van der Waals surface area contributed by atoms with Gasteiger partial charge in [-0.1, -0.05) is 30.7 Å². The Balaban J connectivity index is 1.90. The van der Waals surface area contributed by atoms with Crippen LogP contribution in [0.3, 0.4) is 0 Å². The van der Waals surface area contributed by atoms with Gasteiger partial charge >= 0.3 is 0 Å². The molecule has 0 aliphatic rings. The van der Waals surface area contributed by atoms with Crippen molar-refractivity contribution in [2.45, 2.75) is 20.3 Å². The minimum absolute atomic E-state index is 0.185. The Hall–Kier alpha value is -2.73. The number of rotatable bonds is 10. The van der Waals surface area contributed by atoms with Gasteiger partial charge in [0, 0.05) is 0 Å². The number of hydrogen-bond donors (Lipinski definition) is 1. The summed E-state index contributed by atoms with van der Waals surface area (Å²) in [5.41, 5.74) is 3.18. The van der Waals surface area contributed by atoms with Crippen molar-refractivity contribution in [2.75, 3.05) is 19.8 Å². The fraction of sp³-hybridized carbons (Fsp3) is 0.300. The maximum absolute atomic E-state index is 11.8. The SMILES string of the molecule is CCCOc1ccc(/C=N\NC(=O)COc2ccccc2Cl)cc1OCC. The largest absolute Gasteiger partial charge is 0.490 e. The molecule has 0 fully saturated rings. The van der Waals surface area contributed by atoms with Gasteiger partial charge in [0.05, 0.1) is 24.5 Å². The fourth-order valence-electron chi connectivity index (χ4n) is 2.12. The Morgan fingerprint density at radius 1 is 1.07 bits per heavy atom. The van der Waals surface area contributed by atoms with Crippen LogP contribution >= 0.6 is 11.6 Å². The lowest BCUT2D eigenvalue weighted by molar-refractivity contribution is -0.123. The number of hydrazone groups is 1. The molecule has 0 atom stereocenters. The van der Waals surface area contributed by atoms with E-state index in [0.717, 1.165) is 12.0 Å². The Morgan fingerprint density at radius 2 is 1.89 bits per heavy atom. The van der Waals surface area contributed by atoms with Crippen LogP contribution in [0.4, 0.5) is 0 Å². The van der Waals surface area contributed by atoms with E-state index in [0.29, 0.717) is 35.5 Å². The maximum Gasteiger partial charge on any atom is 0.277 e. The number of para-hydroxylation sites is 1. The van der Waals surface area contributed by atoms with Gasteiger partial charge in [-0.3, -0.25) is 4.79 Å². The molecule has 2 aromatic rings. The monoisotopic (exact) mass is 390 g/mol. The number of carbonyl (C=O) groups excluding carboxylic acids is 1. The average Bonchev–Trinajstić information content (AvgIpc) is 2.67. The molecule has 0 unspecified atom stereocenters. The highest BCUT2D eigenvalue weighted by molar-refractivity contribution is 6.32. The minimum atomic E-state index is -0.390.